The lowest BCUT2D eigenvalue weighted by atomic mass is 10.1. The fourth-order valence-corrected chi connectivity index (χ4v) is 3.19. The van der Waals surface area contributed by atoms with Crippen molar-refractivity contribution >= 4 is 5.65 Å². The van der Waals surface area contributed by atoms with Crippen LogP contribution >= 0.6 is 0 Å². The van der Waals surface area contributed by atoms with Gasteiger partial charge in [-0.25, -0.2) is 4.39 Å². The zero-order valence-electron chi connectivity index (χ0n) is 14.1. The van der Waals surface area contributed by atoms with Crippen LogP contribution in [-0.2, 0) is 0 Å². The number of aromatic amines is 1. The summed E-state index contributed by atoms with van der Waals surface area (Å²) in [6.45, 7) is 1.01. The zero-order chi connectivity index (χ0) is 18.4. The highest BCUT2D eigenvalue weighted by Gasteiger charge is 2.15. The maximum atomic E-state index is 13.2. The Balaban J connectivity index is 1.67. The van der Waals surface area contributed by atoms with Gasteiger partial charge in [0.1, 0.15) is 24.7 Å². The molecule has 0 saturated heterocycles. The number of fused-ring (bicyclic) bond motifs is 2. The first-order valence-corrected chi connectivity index (χ1v) is 8.46. The van der Waals surface area contributed by atoms with E-state index in [2.05, 4.69) is 10.1 Å². The van der Waals surface area contributed by atoms with Crippen LogP contribution in [0.4, 0.5) is 4.39 Å². The Morgan fingerprint density at radius 3 is 2.52 bits per heavy atom. The maximum absolute atomic E-state index is 13.2. The first kappa shape index (κ1) is 15.6. The largest absolute Gasteiger partial charge is 0.486 e. The van der Waals surface area contributed by atoms with Crippen LogP contribution in [0.1, 0.15) is 0 Å². The fraction of sp³-hybridized carbons (Fsp3) is 0.100. The summed E-state index contributed by atoms with van der Waals surface area (Å²) in [4.78, 5) is 15.8. The minimum Gasteiger partial charge on any atom is -0.486 e. The number of halogens is 1. The molecule has 0 radical (unpaired) electrons. The molecular formula is C20H14FN3O3. The molecule has 0 amide bonds. The Hall–Kier alpha value is -3.61. The lowest BCUT2D eigenvalue weighted by Crippen LogP contribution is -2.16. The number of nitrogens with one attached hydrogen (secondary N) is 1. The van der Waals surface area contributed by atoms with Crippen molar-refractivity contribution in [2.45, 2.75) is 0 Å². The Morgan fingerprint density at radius 1 is 0.963 bits per heavy atom. The van der Waals surface area contributed by atoms with Crippen molar-refractivity contribution in [3.63, 3.8) is 0 Å². The normalized spacial score (nSPS) is 13.1. The van der Waals surface area contributed by atoms with Gasteiger partial charge in [-0.3, -0.25) is 4.79 Å². The summed E-state index contributed by atoms with van der Waals surface area (Å²) in [6.07, 6.45) is 1.59. The minimum atomic E-state index is -0.319. The first-order chi connectivity index (χ1) is 13.2. The van der Waals surface area contributed by atoms with Crippen LogP contribution in [0.15, 0.2) is 59.5 Å². The van der Waals surface area contributed by atoms with E-state index in [4.69, 9.17) is 9.47 Å². The molecule has 3 heterocycles. The molecule has 0 saturated carbocycles. The average Bonchev–Trinajstić information content (AvgIpc) is 3.13. The van der Waals surface area contributed by atoms with Crippen LogP contribution in [-0.4, -0.2) is 27.8 Å². The number of ether oxygens (including phenoxy) is 2. The predicted octanol–water partition coefficient (Wildman–Crippen LogP) is 3.27. The van der Waals surface area contributed by atoms with E-state index in [-0.39, 0.29) is 11.4 Å². The molecule has 6 nitrogen and oxygen atoms in total. The number of hydrogen-bond donors (Lipinski definition) is 1. The van der Waals surface area contributed by atoms with Crippen molar-refractivity contribution in [2.24, 2.45) is 0 Å². The van der Waals surface area contributed by atoms with Crippen molar-refractivity contribution in [1.29, 1.82) is 0 Å². The molecule has 2 aromatic heterocycles. The van der Waals surface area contributed by atoms with Crippen LogP contribution in [0.25, 0.3) is 28.0 Å². The summed E-state index contributed by atoms with van der Waals surface area (Å²) >= 11 is 0. The van der Waals surface area contributed by atoms with Crippen LogP contribution in [0, 0.1) is 5.82 Å². The molecule has 0 spiro atoms. The SMILES string of the molecule is O=c1cc(-c2ccc3c(c2)OCCO3)[nH]c2c(-c3ccc(F)cc3)cnn12. The van der Waals surface area contributed by atoms with Crippen LogP contribution in [0.5, 0.6) is 11.5 Å². The van der Waals surface area contributed by atoms with Gasteiger partial charge in [0.05, 0.1) is 11.9 Å². The Morgan fingerprint density at radius 2 is 1.70 bits per heavy atom. The summed E-state index contributed by atoms with van der Waals surface area (Å²) in [6, 6.07) is 13.1. The number of H-pyrrole nitrogens is 1. The Kier molecular flexibility index (Phi) is 3.46. The van der Waals surface area contributed by atoms with E-state index in [1.165, 1.54) is 22.7 Å². The molecule has 0 atom stereocenters. The van der Waals surface area contributed by atoms with Crippen LogP contribution in [0.2, 0.25) is 0 Å². The summed E-state index contributed by atoms with van der Waals surface area (Å²) in [5.74, 6) is 1.01. The van der Waals surface area contributed by atoms with Gasteiger partial charge in [-0.15, -0.1) is 0 Å². The molecule has 1 aliphatic heterocycles. The third-order valence-corrected chi connectivity index (χ3v) is 4.51. The summed E-state index contributed by atoms with van der Waals surface area (Å²) in [7, 11) is 0. The number of nitrogens with zero attached hydrogens (tertiary/aromatic N) is 2. The molecule has 5 rings (SSSR count). The third kappa shape index (κ3) is 2.64. The van der Waals surface area contributed by atoms with Gasteiger partial charge < -0.3 is 14.5 Å². The highest BCUT2D eigenvalue weighted by Crippen LogP contribution is 2.34. The Labute approximate surface area is 152 Å². The molecule has 2 aromatic carbocycles. The third-order valence-electron chi connectivity index (χ3n) is 4.51. The second-order valence-corrected chi connectivity index (χ2v) is 6.21. The monoisotopic (exact) mass is 363 g/mol. The zero-order valence-corrected chi connectivity index (χ0v) is 14.1. The van der Waals surface area contributed by atoms with E-state index >= 15 is 0 Å². The van der Waals surface area contributed by atoms with E-state index in [0.717, 1.165) is 11.1 Å². The van der Waals surface area contributed by atoms with Crippen LogP contribution < -0.4 is 15.0 Å². The molecule has 0 unspecified atom stereocenters. The van der Waals surface area contributed by atoms with E-state index in [0.29, 0.717) is 41.6 Å². The van der Waals surface area contributed by atoms with Gasteiger partial charge >= 0.3 is 0 Å². The van der Waals surface area contributed by atoms with Gasteiger partial charge in [0, 0.05) is 17.2 Å². The molecule has 0 fully saturated rings. The molecule has 0 aliphatic carbocycles. The topological polar surface area (TPSA) is 68.6 Å². The second-order valence-electron chi connectivity index (χ2n) is 6.21. The highest BCUT2D eigenvalue weighted by atomic mass is 19.1. The van der Waals surface area contributed by atoms with Gasteiger partial charge in [0.2, 0.25) is 0 Å². The van der Waals surface area contributed by atoms with Crippen molar-refractivity contribution in [1.82, 2.24) is 14.6 Å². The maximum Gasteiger partial charge on any atom is 0.274 e. The lowest BCUT2D eigenvalue weighted by Gasteiger charge is -2.18. The van der Waals surface area contributed by atoms with E-state index in [1.54, 1.807) is 18.3 Å². The van der Waals surface area contributed by atoms with Crippen LogP contribution in [0.3, 0.4) is 0 Å². The first-order valence-electron chi connectivity index (χ1n) is 8.46. The van der Waals surface area contributed by atoms with Gasteiger partial charge in [-0.05, 0) is 35.9 Å². The summed E-state index contributed by atoms with van der Waals surface area (Å²) in [5.41, 5.74) is 3.19. The van der Waals surface area contributed by atoms with Crippen molar-refractivity contribution in [3.05, 3.63) is 70.9 Å². The molecule has 0 bridgehead atoms. The van der Waals surface area contributed by atoms with Crippen molar-refractivity contribution in [3.8, 4) is 33.9 Å². The number of benzene rings is 2. The van der Waals surface area contributed by atoms with Gasteiger partial charge in [-0.2, -0.15) is 9.61 Å². The van der Waals surface area contributed by atoms with Crippen molar-refractivity contribution in [2.75, 3.05) is 13.2 Å². The highest BCUT2D eigenvalue weighted by molar-refractivity contribution is 5.78. The van der Waals surface area contributed by atoms with Crippen molar-refractivity contribution < 1.29 is 13.9 Å². The quantitative estimate of drug-likeness (QED) is 0.594. The van der Waals surface area contributed by atoms with E-state index in [1.807, 2.05) is 18.2 Å². The molecule has 4 aromatic rings. The lowest BCUT2D eigenvalue weighted by molar-refractivity contribution is 0.171. The summed E-state index contributed by atoms with van der Waals surface area (Å²) < 4.78 is 25.7. The number of rotatable bonds is 2. The molecular weight excluding hydrogens is 349 g/mol. The molecule has 27 heavy (non-hydrogen) atoms. The molecule has 7 heteroatoms. The molecule has 1 aliphatic rings. The minimum absolute atomic E-state index is 0.262. The fourth-order valence-electron chi connectivity index (χ4n) is 3.19. The van der Waals surface area contributed by atoms with Gasteiger partial charge in [-0.1, -0.05) is 12.1 Å². The number of hydrogen-bond acceptors (Lipinski definition) is 4. The van der Waals surface area contributed by atoms with Gasteiger partial charge in [0.15, 0.2) is 11.5 Å². The average molecular weight is 363 g/mol. The predicted molar refractivity (Wildman–Crippen MR) is 97.6 cm³/mol. The van der Waals surface area contributed by atoms with E-state index < -0.39 is 0 Å². The molecule has 134 valence electrons. The number of aromatic nitrogens is 3. The Bertz CT molecular complexity index is 1210. The smallest absolute Gasteiger partial charge is 0.274 e. The summed E-state index contributed by atoms with van der Waals surface area (Å²) in [5, 5.41) is 4.16. The second kappa shape index (κ2) is 5.98. The van der Waals surface area contributed by atoms with E-state index in [9.17, 15) is 9.18 Å². The molecule has 1 N–H and O–H groups in total. The standard InChI is InChI=1S/C20H14FN3O3/c21-14-4-1-12(2-5-14)15-11-22-24-19(25)10-16(23-20(15)24)13-3-6-17-18(9-13)27-8-7-26-17/h1-6,9-11,23H,7-8H2. The van der Waals surface area contributed by atoms with Gasteiger partial charge in [0.25, 0.3) is 5.56 Å².